The Morgan fingerprint density at radius 3 is 2.47 bits per heavy atom. The van der Waals surface area contributed by atoms with Crippen LogP contribution in [0.4, 0.5) is 0 Å². The average Bonchev–Trinajstić information content (AvgIpc) is 3.27. The molecule has 0 spiro atoms. The van der Waals surface area contributed by atoms with Crippen molar-refractivity contribution in [3.05, 3.63) is 88.7 Å². The highest BCUT2D eigenvalue weighted by Crippen LogP contribution is 2.24. The molecule has 30 heavy (non-hydrogen) atoms. The molecule has 0 amide bonds. The Morgan fingerprint density at radius 2 is 1.80 bits per heavy atom. The van der Waals surface area contributed by atoms with Gasteiger partial charge in [0.25, 0.3) is 0 Å². The van der Waals surface area contributed by atoms with Crippen LogP contribution in [0.3, 0.4) is 0 Å². The predicted molar refractivity (Wildman–Crippen MR) is 112 cm³/mol. The van der Waals surface area contributed by atoms with Gasteiger partial charge in [-0.2, -0.15) is 4.31 Å². The van der Waals surface area contributed by atoms with Crippen molar-refractivity contribution in [2.24, 2.45) is 0 Å². The molecule has 2 aromatic carbocycles. The number of nitrogens with zero attached hydrogens (tertiary/aromatic N) is 1. The molecule has 0 aliphatic heterocycles. The first-order valence-electron chi connectivity index (χ1n) is 8.92. The van der Waals surface area contributed by atoms with Crippen LogP contribution < -0.4 is 0 Å². The Morgan fingerprint density at radius 1 is 1.07 bits per heavy atom. The fourth-order valence-electron chi connectivity index (χ4n) is 2.72. The minimum absolute atomic E-state index is 0.0250. The van der Waals surface area contributed by atoms with Gasteiger partial charge in [-0.1, -0.05) is 41.9 Å². The van der Waals surface area contributed by atoms with Crippen LogP contribution in [-0.4, -0.2) is 43.1 Å². The van der Waals surface area contributed by atoms with Crippen molar-refractivity contribution in [1.82, 2.24) is 9.29 Å². The number of esters is 1. The third-order valence-electron chi connectivity index (χ3n) is 4.35. The third-order valence-corrected chi connectivity index (χ3v) is 6.48. The number of Topliss-reactive ketones (excluding diaryl/α,β-unsaturated/α-hetero) is 1. The molecule has 3 aromatic rings. The van der Waals surface area contributed by atoms with Crippen LogP contribution in [0.25, 0.3) is 0 Å². The zero-order valence-electron chi connectivity index (χ0n) is 16.0. The predicted octanol–water partition coefficient (Wildman–Crippen LogP) is 3.53. The van der Waals surface area contributed by atoms with E-state index in [-0.39, 0.29) is 22.0 Å². The Bertz CT molecular complexity index is 1150. The van der Waals surface area contributed by atoms with Gasteiger partial charge < -0.3 is 9.72 Å². The van der Waals surface area contributed by atoms with E-state index in [0.717, 1.165) is 11.6 Å². The molecule has 156 valence electrons. The van der Waals surface area contributed by atoms with E-state index in [1.54, 1.807) is 18.3 Å². The number of rotatable bonds is 8. The first kappa shape index (κ1) is 21.8. The van der Waals surface area contributed by atoms with E-state index in [2.05, 4.69) is 4.98 Å². The van der Waals surface area contributed by atoms with Gasteiger partial charge in [0.2, 0.25) is 15.8 Å². The van der Waals surface area contributed by atoms with Crippen LogP contribution >= 0.6 is 11.6 Å². The Kier molecular flexibility index (Phi) is 6.71. The second-order valence-electron chi connectivity index (χ2n) is 6.47. The largest absolute Gasteiger partial charge is 0.454 e. The molecular formula is C21H19ClN2O5S. The second-order valence-corrected chi connectivity index (χ2v) is 8.92. The van der Waals surface area contributed by atoms with Crippen molar-refractivity contribution in [3.8, 4) is 0 Å². The molecular weight excluding hydrogens is 428 g/mol. The van der Waals surface area contributed by atoms with Gasteiger partial charge in [-0.25, -0.2) is 13.2 Å². The molecule has 9 heteroatoms. The number of carbonyl (C=O) groups excluding carboxylic acids is 2. The number of H-pyrrole nitrogens is 1. The van der Waals surface area contributed by atoms with Crippen molar-refractivity contribution < 1.29 is 22.7 Å². The van der Waals surface area contributed by atoms with E-state index in [1.807, 2.05) is 30.3 Å². The molecule has 3 rings (SSSR count). The number of hydrogen-bond acceptors (Lipinski definition) is 5. The van der Waals surface area contributed by atoms with E-state index < -0.39 is 28.4 Å². The van der Waals surface area contributed by atoms with Gasteiger partial charge in [0, 0.05) is 19.8 Å². The lowest BCUT2D eigenvalue weighted by Crippen LogP contribution is -2.26. The van der Waals surface area contributed by atoms with Crippen LogP contribution in [-0.2, 0) is 21.3 Å². The first-order valence-corrected chi connectivity index (χ1v) is 10.7. The van der Waals surface area contributed by atoms with Crippen molar-refractivity contribution in [2.45, 2.75) is 11.4 Å². The molecule has 1 aromatic heterocycles. The fraction of sp³-hybridized carbons (Fsp3) is 0.143. The lowest BCUT2D eigenvalue weighted by Gasteiger charge is -2.18. The molecule has 1 heterocycles. The van der Waals surface area contributed by atoms with Crippen molar-refractivity contribution in [1.29, 1.82) is 0 Å². The number of halogens is 1. The zero-order chi connectivity index (χ0) is 21.7. The molecule has 0 aliphatic rings. The van der Waals surface area contributed by atoms with E-state index in [0.29, 0.717) is 5.69 Å². The minimum Gasteiger partial charge on any atom is -0.454 e. The van der Waals surface area contributed by atoms with Crippen molar-refractivity contribution >= 4 is 33.4 Å². The summed E-state index contributed by atoms with van der Waals surface area (Å²) >= 11 is 6.07. The summed E-state index contributed by atoms with van der Waals surface area (Å²) in [5.41, 5.74) is 0.984. The van der Waals surface area contributed by atoms with Crippen LogP contribution in [0.15, 0.2) is 71.8 Å². The van der Waals surface area contributed by atoms with Crippen molar-refractivity contribution in [3.63, 3.8) is 0 Å². The van der Waals surface area contributed by atoms with E-state index in [4.69, 9.17) is 16.3 Å². The summed E-state index contributed by atoms with van der Waals surface area (Å²) in [5, 5.41) is 0.0250. The highest BCUT2D eigenvalue weighted by Gasteiger charge is 2.24. The van der Waals surface area contributed by atoms with Crippen LogP contribution in [0.2, 0.25) is 5.02 Å². The van der Waals surface area contributed by atoms with Crippen LogP contribution in [0.5, 0.6) is 0 Å². The molecule has 7 nitrogen and oxygen atoms in total. The molecule has 0 saturated heterocycles. The summed E-state index contributed by atoms with van der Waals surface area (Å²) in [6.07, 6.45) is 1.58. The summed E-state index contributed by atoms with van der Waals surface area (Å²) in [4.78, 5) is 27.0. The van der Waals surface area contributed by atoms with Gasteiger partial charge in [-0.15, -0.1) is 0 Å². The number of carbonyl (C=O) groups is 2. The van der Waals surface area contributed by atoms with E-state index in [1.165, 1.54) is 23.5 Å². The first-order chi connectivity index (χ1) is 14.3. The summed E-state index contributed by atoms with van der Waals surface area (Å²) in [6.45, 7) is -0.337. The average molecular weight is 447 g/mol. The highest BCUT2D eigenvalue weighted by atomic mass is 35.5. The second kappa shape index (κ2) is 9.25. The Balaban J connectivity index is 1.76. The smallest absolute Gasteiger partial charge is 0.340 e. The molecule has 0 atom stereocenters. The monoisotopic (exact) mass is 446 g/mol. The zero-order valence-corrected chi connectivity index (χ0v) is 17.6. The molecule has 0 bridgehead atoms. The van der Waals surface area contributed by atoms with Crippen LogP contribution in [0, 0.1) is 0 Å². The van der Waals surface area contributed by atoms with Crippen LogP contribution in [0.1, 0.15) is 26.4 Å². The normalized spacial score (nSPS) is 11.4. The Hall–Kier alpha value is -2.94. The number of ketones is 1. The topological polar surface area (TPSA) is 96.5 Å². The standard InChI is InChI=1S/C21H19ClN2O5S/c1-24(13-15-6-3-2-4-7-15)30(27,28)16-9-10-18(22)17(12-16)21(26)29-14-20(25)19-8-5-11-23-19/h2-12,23H,13-14H2,1H3. The molecule has 0 radical (unpaired) electrons. The number of benzene rings is 2. The molecule has 1 N–H and O–H groups in total. The van der Waals surface area contributed by atoms with Gasteiger partial charge in [0.1, 0.15) is 0 Å². The Labute approximate surface area is 179 Å². The minimum atomic E-state index is -3.88. The van der Waals surface area contributed by atoms with Gasteiger partial charge in [0.15, 0.2) is 6.61 Å². The van der Waals surface area contributed by atoms with Gasteiger partial charge >= 0.3 is 5.97 Å². The quantitative estimate of drug-likeness (QED) is 0.421. The molecule has 0 unspecified atom stereocenters. The summed E-state index contributed by atoms with van der Waals surface area (Å²) in [7, 11) is -2.43. The summed E-state index contributed by atoms with van der Waals surface area (Å²) in [6, 6.07) is 16.1. The number of ether oxygens (including phenoxy) is 1. The fourth-order valence-corrected chi connectivity index (χ4v) is 4.10. The van der Waals surface area contributed by atoms with Gasteiger partial charge in [0.05, 0.1) is 21.2 Å². The number of aromatic amines is 1. The summed E-state index contributed by atoms with van der Waals surface area (Å²) < 4.78 is 32.0. The third kappa shape index (κ3) is 4.96. The molecule has 0 saturated carbocycles. The molecule has 0 fully saturated rings. The van der Waals surface area contributed by atoms with Gasteiger partial charge in [-0.05, 0) is 35.9 Å². The lowest BCUT2D eigenvalue weighted by atomic mass is 10.2. The number of hydrogen-bond donors (Lipinski definition) is 1. The molecule has 0 aliphatic carbocycles. The number of aromatic nitrogens is 1. The maximum atomic E-state index is 12.9. The highest BCUT2D eigenvalue weighted by molar-refractivity contribution is 7.89. The number of nitrogens with one attached hydrogen (secondary N) is 1. The van der Waals surface area contributed by atoms with Crippen molar-refractivity contribution in [2.75, 3.05) is 13.7 Å². The summed E-state index contributed by atoms with van der Waals surface area (Å²) in [5.74, 6) is -1.31. The maximum Gasteiger partial charge on any atom is 0.340 e. The number of sulfonamides is 1. The SMILES string of the molecule is CN(Cc1ccccc1)S(=O)(=O)c1ccc(Cl)c(C(=O)OCC(=O)c2ccc[nH]2)c1. The maximum absolute atomic E-state index is 12.9. The van der Waals surface area contributed by atoms with E-state index in [9.17, 15) is 18.0 Å². The van der Waals surface area contributed by atoms with Gasteiger partial charge in [-0.3, -0.25) is 4.79 Å². The van der Waals surface area contributed by atoms with E-state index >= 15 is 0 Å². The lowest BCUT2D eigenvalue weighted by molar-refractivity contribution is 0.0473.